The van der Waals surface area contributed by atoms with Crippen LogP contribution in [0.5, 0.6) is 11.5 Å². The molecule has 0 radical (unpaired) electrons. The van der Waals surface area contributed by atoms with Gasteiger partial charge in [-0.3, -0.25) is 4.99 Å². The van der Waals surface area contributed by atoms with E-state index in [2.05, 4.69) is 71.0 Å². The van der Waals surface area contributed by atoms with Crippen molar-refractivity contribution in [2.75, 3.05) is 12.4 Å². The number of fused-ring (bicyclic) bond motifs is 3. The van der Waals surface area contributed by atoms with Gasteiger partial charge in [0.2, 0.25) is 0 Å². The molecule has 0 unspecified atom stereocenters. The maximum absolute atomic E-state index is 6.58. The molecule has 0 aromatic heterocycles. The lowest BCUT2D eigenvalue weighted by Crippen LogP contribution is -2.28. The first-order valence-corrected chi connectivity index (χ1v) is 13.8. The van der Waals surface area contributed by atoms with Crippen molar-refractivity contribution in [2.24, 2.45) is 10.9 Å². The van der Waals surface area contributed by atoms with Crippen molar-refractivity contribution in [2.45, 2.75) is 25.0 Å². The summed E-state index contributed by atoms with van der Waals surface area (Å²) in [6.45, 7) is 0.286. The molecule has 0 spiro atoms. The van der Waals surface area contributed by atoms with Gasteiger partial charge in [-0.2, -0.15) is 0 Å². The van der Waals surface area contributed by atoms with Crippen molar-refractivity contribution >= 4 is 40.8 Å². The number of hydrogen-bond acceptors (Lipinski definition) is 4. The normalized spacial score (nSPS) is 19.4. The number of nitrogens with zero attached hydrogens (tertiary/aromatic N) is 1. The van der Waals surface area contributed by atoms with Gasteiger partial charge in [0.05, 0.1) is 23.9 Å². The summed E-state index contributed by atoms with van der Waals surface area (Å²) < 4.78 is 11.5. The highest BCUT2D eigenvalue weighted by Crippen LogP contribution is 2.49. The highest BCUT2D eigenvalue weighted by atomic mass is 35.5. The molecule has 3 atom stereocenters. The average molecular weight is 556 g/mol. The molecule has 196 valence electrons. The summed E-state index contributed by atoms with van der Waals surface area (Å²) in [6.07, 6.45) is 7.55. The lowest BCUT2D eigenvalue weighted by molar-refractivity contribution is 0.285. The van der Waals surface area contributed by atoms with Gasteiger partial charge in [0.25, 0.3) is 0 Å². The zero-order valence-corrected chi connectivity index (χ0v) is 23.0. The van der Waals surface area contributed by atoms with Crippen LogP contribution in [-0.4, -0.2) is 13.3 Å². The van der Waals surface area contributed by atoms with Gasteiger partial charge >= 0.3 is 0 Å². The number of benzene rings is 4. The van der Waals surface area contributed by atoms with Crippen LogP contribution in [0.3, 0.4) is 0 Å². The first kappa shape index (κ1) is 25.5. The third kappa shape index (κ3) is 5.27. The van der Waals surface area contributed by atoms with E-state index >= 15 is 0 Å². The van der Waals surface area contributed by atoms with Crippen molar-refractivity contribution in [3.63, 3.8) is 0 Å². The van der Waals surface area contributed by atoms with Crippen molar-refractivity contribution < 1.29 is 9.47 Å². The Morgan fingerprint density at radius 1 is 0.949 bits per heavy atom. The van der Waals surface area contributed by atoms with E-state index in [-0.39, 0.29) is 12.6 Å². The van der Waals surface area contributed by atoms with Crippen LogP contribution in [0.15, 0.2) is 102 Å². The molecule has 0 saturated heterocycles. The molecule has 1 N–H and O–H groups in total. The summed E-state index contributed by atoms with van der Waals surface area (Å²) in [5.41, 5.74) is 6.44. The van der Waals surface area contributed by atoms with Gasteiger partial charge in [-0.05, 0) is 65.4 Å². The van der Waals surface area contributed by atoms with E-state index in [0.29, 0.717) is 33.4 Å². The monoisotopic (exact) mass is 554 g/mol. The summed E-state index contributed by atoms with van der Waals surface area (Å²) in [6, 6.07) is 28.6. The number of nitrogens with one attached hydrogen (secondary N) is 1. The molecule has 4 aromatic carbocycles. The van der Waals surface area contributed by atoms with Gasteiger partial charge in [0, 0.05) is 28.4 Å². The predicted molar refractivity (Wildman–Crippen MR) is 160 cm³/mol. The van der Waals surface area contributed by atoms with E-state index in [1.165, 1.54) is 16.8 Å². The zero-order chi connectivity index (χ0) is 26.8. The number of methoxy groups -OCH3 is 1. The van der Waals surface area contributed by atoms with Crippen LogP contribution in [0.4, 0.5) is 11.4 Å². The molecule has 1 heterocycles. The van der Waals surface area contributed by atoms with Gasteiger partial charge in [-0.1, -0.05) is 83.9 Å². The lowest BCUT2D eigenvalue weighted by atomic mass is 9.77. The molecule has 6 rings (SSSR count). The van der Waals surface area contributed by atoms with E-state index in [0.717, 1.165) is 23.2 Å². The molecule has 0 saturated carbocycles. The SMILES string of the molecule is COc1cc(C=Nc2ccc([C@@H]3Nc4ccccc4[C@H]4C=CC[C@@H]43)cc2)cc(Cl)c1OCc1ccccc1Cl. The third-order valence-corrected chi connectivity index (χ3v) is 8.12. The molecule has 6 heteroatoms. The Bertz CT molecular complexity index is 1550. The van der Waals surface area contributed by atoms with Gasteiger partial charge in [0.15, 0.2) is 11.5 Å². The first-order valence-electron chi connectivity index (χ1n) is 13.0. The molecule has 4 nitrogen and oxygen atoms in total. The van der Waals surface area contributed by atoms with Crippen LogP contribution in [0.1, 0.15) is 40.6 Å². The van der Waals surface area contributed by atoms with Crippen molar-refractivity contribution in [1.29, 1.82) is 0 Å². The minimum absolute atomic E-state index is 0.263. The minimum Gasteiger partial charge on any atom is -0.493 e. The molecule has 0 amide bonds. The maximum Gasteiger partial charge on any atom is 0.180 e. The summed E-state index contributed by atoms with van der Waals surface area (Å²) >= 11 is 12.8. The van der Waals surface area contributed by atoms with Crippen molar-refractivity contribution in [1.82, 2.24) is 0 Å². The number of aliphatic imine (C=N–C) groups is 1. The Balaban J connectivity index is 1.17. The fourth-order valence-electron chi connectivity index (χ4n) is 5.51. The topological polar surface area (TPSA) is 42.8 Å². The first-order chi connectivity index (χ1) is 19.1. The van der Waals surface area contributed by atoms with Gasteiger partial charge in [-0.25, -0.2) is 0 Å². The minimum atomic E-state index is 0.263. The molecule has 39 heavy (non-hydrogen) atoms. The molecule has 1 aliphatic carbocycles. The summed E-state index contributed by atoms with van der Waals surface area (Å²) in [7, 11) is 1.59. The Morgan fingerprint density at radius 2 is 1.74 bits per heavy atom. The predicted octanol–water partition coefficient (Wildman–Crippen LogP) is 9.16. The summed E-state index contributed by atoms with van der Waals surface area (Å²) in [4.78, 5) is 4.69. The Hall–Kier alpha value is -3.73. The number of hydrogen-bond donors (Lipinski definition) is 1. The second-order valence-corrected chi connectivity index (χ2v) is 10.6. The summed E-state index contributed by atoms with van der Waals surface area (Å²) in [5.74, 6) is 1.99. The zero-order valence-electron chi connectivity index (χ0n) is 21.5. The van der Waals surface area contributed by atoms with E-state index in [1.807, 2.05) is 36.4 Å². The number of allylic oxidation sites excluding steroid dienone is 2. The molecule has 2 aliphatic rings. The lowest BCUT2D eigenvalue weighted by Gasteiger charge is -2.37. The smallest absolute Gasteiger partial charge is 0.180 e. The molecule has 0 fully saturated rings. The Morgan fingerprint density at radius 3 is 2.56 bits per heavy atom. The third-order valence-electron chi connectivity index (χ3n) is 7.47. The average Bonchev–Trinajstić information content (AvgIpc) is 3.46. The molecular weight excluding hydrogens is 527 g/mol. The maximum atomic E-state index is 6.58. The van der Waals surface area contributed by atoms with Crippen molar-refractivity contribution in [3.05, 3.63) is 129 Å². The van der Waals surface area contributed by atoms with E-state index < -0.39 is 0 Å². The molecule has 0 bridgehead atoms. The van der Waals surface area contributed by atoms with Crippen LogP contribution in [-0.2, 0) is 6.61 Å². The Labute approximate surface area is 238 Å². The van der Waals surface area contributed by atoms with E-state index in [1.54, 1.807) is 13.3 Å². The van der Waals surface area contributed by atoms with Crippen LogP contribution < -0.4 is 14.8 Å². The van der Waals surface area contributed by atoms with Crippen LogP contribution >= 0.6 is 23.2 Å². The van der Waals surface area contributed by atoms with E-state index in [9.17, 15) is 0 Å². The number of ether oxygens (including phenoxy) is 2. The van der Waals surface area contributed by atoms with Gasteiger partial charge in [0.1, 0.15) is 6.61 Å². The van der Waals surface area contributed by atoms with Crippen molar-refractivity contribution in [3.8, 4) is 11.5 Å². The number of para-hydroxylation sites is 1. The number of halogens is 2. The number of rotatable bonds is 7. The van der Waals surface area contributed by atoms with Crippen LogP contribution in [0.25, 0.3) is 0 Å². The fourth-order valence-corrected chi connectivity index (χ4v) is 5.97. The summed E-state index contributed by atoms with van der Waals surface area (Å²) in [5, 5.41) is 4.87. The van der Waals surface area contributed by atoms with Gasteiger partial charge in [-0.15, -0.1) is 0 Å². The molecule has 4 aromatic rings. The Kier molecular flexibility index (Phi) is 7.32. The second kappa shape index (κ2) is 11.2. The van der Waals surface area contributed by atoms with E-state index in [4.69, 9.17) is 32.7 Å². The van der Waals surface area contributed by atoms with Gasteiger partial charge < -0.3 is 14.8 Å². The quantitative estimate of drug-likeness (QED) is 0.183. The van der Waals surface area contributed by atoms with Crippen LogP contribution in [0, 0.1) is 5.92 Å². The largest absolute Gasteiger partial charge is 0.493 e. The highest BCUT2D eigenvalue weighted by Gasteiger charge is 2.37. The highest BCUT2D eigenvalue weighted by molar-refractivity contribution is 6.32. The molecule has 1 aliphatic heterocycles. The fraction of sp³-hybridized carbons (Fsp3) is 0.182. The second-order valence-electron chi connectivity index (χ2n) is 9.83. The molecular formula is C33H28Cl2N2O2. The number of anilines is 1. The standard InChI is InChI=1S/C33H28Cl2N2O2/c1-38-31-18-21(17-29(35)33(31)39-20-23-7-2-4-11-28(23)34)19-36-24-15-13-22(14-16-24)32-27-10-6-9-25(27)26-8-3-5-12-30(26)37-32/h2-9,11-19,25,27,32,37H,10,20H2,1H3/t25-,27+,32+/m1/s1. The van der Waals surface area contributed by atoms with Crippen LogP contribution in [0.2, 0.25) is 10.0 Å².